The fraction of sp³-hybridized carbons (Fsp3) is 0.538. The number of rotatable bonds is 5. The number of aromatic nitrogens is 1. The number of hydrogen-bond acceptors (Lipinski definition) is 3. The van der Waals surface area contributed by atoms with Crippen LogP contribution in [-0.4, -0.2) is 16.4 Å². The summed E-state index contributed by atoms with van der Waals surface area (Å²) < 4.78 is 0. The summed E-state index contributed by atoms with van der Waals surface area (Å²) in [5.74, 6) is 0.00784. The van der Waals surface area contributed by atoms with Crippen LogP contribution >= 0.6 is 0 Å². The lowest BCUT2D eigenvalue weighted by molar-refractivity contribution is -0.122. The summed E-state index contributed by atoms with van der Waals surface area (Å²) in [6, 6.07) is 3.54. The van der Waals surface area contributed by atoms with E-state index in [0.717, 1.165) is 18.5 Å². The van der Waals surface area contributed by atoms with Gasteiger partial charge in [-0.25, -0.2) is 0 Å². The molecule has 0 saturated carbocycles. The normalized spacial score (nSPS) is 11.2. The Morgan fingerprint density at radius 2 is 2.06 bits per heavy atom. The van der Waals surface area contributed by atoms with Crippen molar-refractivity contribution in [3.63, 3.8) is 0 Å². The third-order valence-electron chi connectivity index (χ3n) is 3.19. The Bertz CT molecular complexity index is 369. The van der Waals surface area contributed by atoms with Gasteiger partial charge in [-0.1, -0.05) is 13.8 Å². The lowest BCUT2D eigenvalue weighted by Crippen LogP contribution is -2.45. The average molecular weight is 235 g/mol. The molecule has 0 aliphatic carbocycles. The van der Waals surface area contributed by atoms with Gasteiger partial charge in [0.05, 0.1) is 18.3 Å². The topological polar surface area (TPSA) is 68.0 Å². The Kier molecular flexibility index (Phi) is 4.49. The van der Waals surface area contributed by atoms with Crippen molar-refractivity contribution in [1.82, 2.24) is 10.3 Å². The van der Waals surface area contributed by atoms with Gasteiger partial charge in [0, 0.05) is 11.2 Å². The molecule has 1 heterocycles. The number of anilines is 1. The van der Waals surface area contributed by atoms with Crippen LogP contribution in [0.1, 0.15) is 39.3 Å². The van der Waals surface area contributed by atoms with Crippen LogP contribution in [0.3, 0.4) is 0 Å². The number of hydrogen-bond donors (Lipinski definition) is 2. The summed E-state index contributed by atoms with van der Waals surface area (Å²) >= 11 is 0. The van der Waals surface area contributed by atoms with Crippen LogP contribution in [0.2, 0.25) is 0 Å². The Morgan fingerprint density at radius 1 is 1.41 bits per heavy atom. The van der Waals surface area contributed by atoms with Gasteiger partial charge < -0.3 is 11.1 Å². The molecule has 4 heteroatoms. The third-order valence-corrected chi connectivity index (χ3v) is 3.19. The first-order valence-electron chi connectivity index (χ1n) is 6.00. The maximum absolute atomic E-state index is 11.8. The third kappa shape index (κ3) is 4.06. The number of nitrogens with two attached hydrogens (primary N) is 1. The van der Waals surface area contributed by atoms with Crippen LogP contribution in [-0.2, 0) is 11.2 Å². The molecule has 0 saturated heterocycles. The lowest BCUT2D eigenvalue weighted by atomic mass is 9.95. The number of carbonyl (C=O) groups is 1. The smallest absolute Gasteiger partial charge is 0.226 e. The van der Waals surface area contributed by atoms with Crippen molar-refractivity contribution >= 4 is 11.6 Å². The monoisotopic (exact) mass is 235 g/mol. The fourth-order valence-corrected chi connectivity index (χ4v) is 1.51. The van der Waals surface area contributed by atoms with Crippen LogP contribution in [0.4, 0.5) is 5.69 Å². The number of nitrogens with one attached hydrogen (secondary N) is 1. The van der Waals surface area contributed by atoms with E-state index < -0.39 is 0 Å². The molecule has 0 aliphatic heterocycles. The van der Waals surface area contributed by atoms with E-state index in [0.29, 0.717) is 12.1 Å². The quantitative estimate of drug-likeness (QED) is 0.819. The summed E-state index contributed by atoms with van der Waals surface area (Å²) in [5.41, 5.74) is 6.77. The summed E-state index contributed by atoms with van der Waals surface area (Å²) in [6.07, 6.45) is 3.71. The highest BCUT2D eigenvalue weighted by atomic mass is 16.1. The van der Waals surface area contributed by atoms with Crippen LogP contribution in [0, 0.1) is 0 Å². The molecular formula is C13H21N3O. The summed E-state index contributed by atoms with van der Waals surface area (Å²) in [5, 5.41) is 3.05. The number of amides is 1. The van der Waals surface area contributed by atoms with E-state index in [9.17, 15) is 4.79 Å². The largest absolute Gasteiger partial charge is 0.397 e. The predicted molar refractivity (Wildman–Crippen MR) is 69.5 cm³/mol. The Balaban J connectivity index is 2.58. The lowest BCUT2D eigenvalue weighted by Gasteiger charge is -2.28. The van der Waals surface area contributed by atoms with Gasteiger partial charge in [-0.2, -0.15) is 0 Å². The van der Waals surface area contributed by atoms with Crippen molar-refractivity contribution < 1.29 is 4.79 Å². The van der Waals surface area contributed by atoms with Crippen molar-refractivity contribution in [2.75, 3.05) is 5.73 Å². The molecule has 3 N–H and O–H groups in total. The van der Waals surface area contributed by atoms with E-state index in [1.54, 1.807) is 18.3 Å². The molecule has 0 bridgehead atoms. The van der Waals surface area contributed by atoms with Crippen molar-refractivity contribution in [1.29, 1.82) is 0 Å². The highest BCUT2D eigenvalue weighted by molar-refractivity contribution is 5.78. The standard InChI is InChI=1S/C13H21N3O/c1-4-13(3,5-2)16-12(17)8-11-7-6-10(14)9-15-11/h6-7,9H,4-5,8,14H2,1-3H3,(H,16,17). The second-order valence-electron chi connectivity index (χ2n) is 4.58. The van der Waals surface area contributed by atoms with Crippen molar-refractivity contribution in [2.24, 2.45) is 0 Å². The molecular weight excluding hydrogens is 214 g/mol. The first-order chi connectivity index (χ1) is 7.99. The highest BCUT2D eigenvalue weighted by Crippen LogP contribution is 2.13. The second-order valence-corrected chi connectivity index (χ2v) is 4.58. The first-order valence-corrected chi connectivity index (χ1v) is 6.00. The van der Waals surface area contributed by atoms with E-state index in [1.807, 2.05) is 0 Å². The van der Waals surface area contributed by atoms with E-state index in [2.05, 4.69) is 31.1 Å². The number of nitrogen functional groups attached to an aromatic ring is 1. The van der Waals surface area contributed by atoms with E-state index in [-0.39, 0.29) is 11.4 Å². The van der Waals surface area contributed by atoms with Gasteiger partial charge in [-0.15, -0.1) is 0 Å². The molecule has 1 amide bonds. The maximum atomic E-state index is 11.8. The van der Waals surface area contributed by atoms with Crippen LogP contribution in [0.5, 0.6) is 0 Å². The minimum atomic E-state index is -0.120. The zero-order valence-electron chi connectivity index (χ0n) is 10.8. The Morgan fingerprint density at radius 3 is 2.53 bits per heavy atom. The zero-order valence-corrected chi connectivity index (χ0v) is 10.8. The highest BCUT2D eigenvalue weighted by Gasteiger charge is 2.21. The van der Waals surface area contributed by atoms with E-state index >= 15 is 0 Å². The molecule has 0 aromatic carbocycles. The number of pyridine rings is 1. The van der Waals surface area contributed by atoms with Crippen LogP contribution < -0.4 is 11.1 Å². The second kappa shape index (κ2) is 5.66. The molecule has 17 heavy (non-hydrogen) atoms. The fourth-order valence-electron chi connectivity index (χ4n) is 1.51. The van der Waals surface area contributed by atoms with E-state index in [4.69, 9.17) is 5.73 Å². The number of nitrogens with zero attached hydrogens (tertiary/aromatic N) is 1. The van der Waals surface area contributed by atoms with E-state index in [1.165, 1.54) is 0 Å². The van der Waals surface area contributed by atoms with Crippen LogP contribution in [0.25, 0.3) is 0 Å². The summed E-state index contributed by atoms with van der Waals surface area (Å²) in [4.78, 5) is 16.0. The minimum Gasteiger partial charge on any atom is -0.397 e. The molecule has 0 unspecified atom stereocenters. The SMILES string of the molecule is CCC(C)(CC)NC(=O)Cc1ccc(N)cn1. The van der Waals surface area contributed by atoms with Gasteiger partial charge in [0.15, 0.2) is 0 Å². The van der Waals surface area contributed by atoms with Gasteiger partial charge in [0.2, 0.25) is 5.91 Å². The molecule has 0 aliphatic rings. The Hall–Kier alpha value is -1.58. The summed E-state index contributed by atoms with van der Waals surface area (Å²) in [7, 11) is 0. The molecule has 1 aromatic heterocycles. The molecule has 0 spiro atoms. The predicted octanol–water partition coefficient (Wildman–Crippen LogP) is 1.90. The Labute approximate surface area is 103 Å². The molecule has 1 rings (SSSR count). The van der Waals surface area contributed by atoms with Crippen molar-refractivity contribution in [3.05, 3.63) is 24.0 Å². The van der Waals surface area contributed by atoms with Crippen molar-refractivity contribution in [2.45, 2.75) is 45.6 Å². The van der Waals surface area contributed by atoms with Gasteiger partial charge in [0.25, 0.3) is 0 Å². The molecule has 94 valence electrons. The molecule has 0 atom stereocenters. The minimum absolute atomic E-state index is 0.00784. The van der Waals surface area contributed by atoms with Gasteiger partial charge in [0.1, 0.15) is 0 Å². The molecule has 4 nitrogen and oxygen atoms in total. The van der Waals surface area contributed by atoms with Gasteiger partial charge in [-0.3, -0.25) is 9.78 Å². The number of carbonyl (C=O) groups excluding carboxylic acids is 1. The summed E-state index contributed by atoms with van der Waals surface area (Å²) in [6.45, 7) is 6.21. The molecule has 0 radical (unpaired) electrons. The maximum Gasteiger partial charge on any atom is 0.226 e. The molecule has 1 aromatic rings. The first kappa shape index (κ1) is 13.5. The van der Waals surface area contributed by atoms with Gasteiger partial charge >= 0.3 is 0 Å². The van der Waals surface area contributed by atoms with Gasteiger partial charge in [-0.05, 0) is 31.9 Å². The van der Waals surface area contributed by atoms with Crippen molar-refractivity contribution in [3.8, 4) is 0 Å². The van der Waals surface area contributed by atoms with Crippen LogP contribution in [0.15, 0.2) is 18.3 Å². The zero-order chi connectivity index (χ0) is 12.9. The molecule has 0 fully saturated rings. The average Bonchev–Trinajstić information content (AvgIpc) is 2.32.